The van der Waals surface area contributed by atoms with Crippen LogP contribution in [-0.4, -0.2) is 19.1 Å². The fourth-order valence-corrected chi connectivity index (χ4v) is 2.18. The van der Waals surface area contributed by atoms with Crippen LogP contribution in [0, 0.1) is 5.82 Å². The van der Waals surface area contributed by atoms with Crippen molar-refractivity contribution >= 4 is 23.2 Å². The van der Waals surface area contributed by atoms with E-state index in [-0.39, 0.29) is 5.75 Å². The molecule has 0 saturated carbocycles. The van der Waals surface area contributed by atoms with Crippen molar-refractivity contribution in [1.29, 1.82) is 0 Å². The first-order valence-corrected chi connectivity index (χ1v) is 7.48. The van der Waals surface area contributed by atoms with E-state index < -0.39 is 17.8 Å². The summed E-state index contributed by atoms with van der Waals surface area (Å²) in [5.41, 5.74) is 0.431. The lowest BCUT2D eigenvalue weighted by atomic mass is 10.2. The Morgan fingerprint density at radius 3 is 2.65 bits per heavy atom. The summed E-state index contributed by atoms with van der Waals surface area (Å²) in [4.78, 5) is 12.4. The molecule has 0 bridgehead atoms. The van der Waals surface area contributed by atoms with Crippen LogP contribution in [0.2, 0.25) is 5.02 Å². The molecule has 2 aromatic rings. The number of hydrogen-bond donors (Lipinski definition) is 1. The Morgan fingerprint density at radius 2 is 2.00 bits per heavy atom. The first kappa shape index (κ1) is 17.1. The highest BCUT2D eigenvalue weighted by Gasteiger charge is 2.21. The molecular formula is C17H17ClFNO3. The number of nitrogens with one attached hydrogen (secondary N) is 1. The van der Waals surface area contributed by atoms with Crippen LogP contribution in [0.5, 0.6) is 11.5 Å². The summed E-state index contributed by atoms with van der Waals surface area (Å²) in [6.07, 6.45) is -0.459. The Labute approximate surface area is 139 Å². The van der Waals surface area contributed by atoms with Gasteiger partial charge in [0.1, 0.15) is 5.75 Å². The summed E-state index contributed by atoms with van der Waals surface area (Å²) < 4.78 is 24.3. The van der Waals surface area contributed by atoms with E-state index in [9.17, 15) is 9.18 Å². The Hall–Kier alpha value is -2.27. The molecule has 0 spiro atoms. The average Bonchev–Trinajstić information content (AvgIpc) is 2.54. The van der Waals surface area contributed by atoms with Crippen LogP contribution in [0.25, 0.3) is 0 Å². The third-order valence-electron chi connectivity index (χ3n) is 3.19. The number of rotatable bonds is 6. The van der Waals surface area contributed by atoms with Crippen molar-refractivity contribution in [3.63, 3.8) is 0 Å². The number of amides is 1. The third kappa shape index (κ3) is 4.36. The standard InChI is InChI=1S/C17H17ClFNO3/c1-3-14(23-15-7-5-4-6-12(15)19)17(21)20-13-10-11(18)8-9-16(13)22-2/h4-10,14H,3H2,1-2H3,(H,20,21). The molecule has 122 valence electrons. The lowest BCUT2D eigenvalue weighted by molar-refractivity contribution is -0.122. The highest BCUT2D eigenvalue weighted by Crippen LogP contribution is 2.28. The molecular weight excluding hydrogens is 321 g/mol. The molecule has 0 heterocycles. The molecule has 4 nitrogen and oxygen atoms in total. The van der Waals surface area contributed by atoms with E-state index in [0.717, 1.165) is 0 Å². The van der Waals surface area contributed by atoms with Gasteiger partial charge in [0.15, 0.2) is 17.7 Å². The number of benzene rings is 2. The van der Waals surface area contributed by atoms with Crippen LogP contribution in [0.1, 0.15) is 13.3 Å². The molecule has 2 aromatic carbocycles. The number of halogens is 2. The van der Waals surface area contributed by atoms with Crippen molar-refractivity contribution in [1.82, 2.24) is 0 Å². The zero-order valence-electron chi connectivity index (χ0n) is 12.8. The van der Waals surface area contributed by atoms with Crippen molar-refractivity contribution in [2.45, 2.75) is 19.4 Å². The molecule has 0 saturated heterocycles. The summed E-state index contributed by atoms with van der Waals surface area (Å²) in [5.74, 6) is -0.411. The van der Waals surface area contributed by atoms with Gasteiger partial charge < -0.3 is 14.8 Å². The molecule has 0 aliphatic heterocycles. The van der Waals surface area contributed by atoms with Gasteiger partial charge in [0.25, 0.3) is 5.91 Å². The van der Waals surface area contributed by atoms with Gasteiger partial charge in [0.2, 0.25) is 0 Å². The van der Waals surface area contributed by atoms with Crippen LogP contribution < -0.4 is 14.8 Å². The summed E-state index contributed by atoms with van der Waals surface area (Å²) in [5, 5.41) is 3.16. The zero-order valence-corrected chi connectivity index (χ0v) is 13.6. The second kappa shape index (κ2) is 7.83. The van der Waals surface area contributed by atoms with Gasteiger partial charge >= 0.3 is 0 Å². The number of hydrogen-bond acceptors (Lipinski definition) is 3. The number of carbonyl (C=O) groups excluding carboxylic acids is 1. The number of carbonyl (C=O) groups is 1. The number of anilines is 1. The molecule has 23 heavy (non-hydrogen) atoms. The van der Waals surface area contributed by atoms with Gasteiger partial charge in [-0.15, -0.1) is 0 Å². The molecule has 2 rings (SSSR count). The topological polar surface area (TPSA) is 47.6 Å². The second-order valence-electron chi connectivity index (χ2n) is 4.78. The van der Waals surface area contributed by atoms with Crippen molar-refractivity contribution in [3.8, 4) is 11.5 Å². The molecule has 1 unspecified atom stereocenters. The minimum absolute atomic E-state index is 0.0348. The molecule has 0 aliphatic rings. The number of methoxy groups -OCH3 is 1. The molecule has 0 radical (unpaired) electrons. The van der Waals surface area contributed by atoms with E-state index >= 15 is 0 Å². The molecule has 1 amide bonds. The molecule has 1 N–H and O–H groups in total. The Morgan fingerprint density at radius 1 is 1.26 bits per heavy atom. The van der Waals surface area contributed by atoms with Crippen molar-refractivity contribution in [2.24, 2.45) is 0 Å². The maximum atomic E-state index is 13.7. The first-order valence-electron chi connectivity index (χ1n) is 7.10. The van der Waals surface area contributed by atoms with Crippen molar-refractivity contribution in [3.05, 3.63) is 53.3 Å². The fraction of sp³-hybridized carbons (Fsp3) is 0.235. The van der Waals surface area contributed by atoms with Crippen molar-refractivity contribution in [2.75, 3.05) is 12.4 Å². The second-order valence-corrected chi connectivity index (χ2v) is 5.22. The summed E-state index contributed by atoms with van der Waals surface area (Å²) >= 11 is 5.93. The van der Waals surface area contributed by atoms with Crippen LogP contribution in [-0.2, 0) is 4.79 Å². The SMILES string of the molecule is CCC(Oc1ccccc1F)C(=O)Nc1cc(Cl)ccc1OC. The minimum atomic E-state index is -0.837. The van der Waals surface area contributed by atoms with Crippen LogP contribution in [0.3, 0.4) is 0 Å². The van der Waals surface area contributed by atoms with E-state index in [1.165, 1.54) is 19.2 Å². The lowest BCUT2D eigenvalue weighted by Crippen LogP contribution is -2.32. The van der Waals surface area contributed by atoms with Crippen LogP contribution in [0.4, 0.5) is 10.1 Å². The first-order chi connectivity index (χ1) is 11.0. The normalized spacial score (nSPS) is 11.7. The number of para-hydroxylation sites is 1. The maximum Gasteiger partial charge on any atom is 0.265 e. The monoisotopic (exact) mass is 337 g/mol. The van der Waals surface area contributed by atoms with Gasteiger partial charge in [-0.05, 0) is 36.8 Å². The predicted octanol–water partition coefficient (Wildman–Crippen LogP) is 4.28. The van der Waals surface area contributed by atoms with Gasteiger partial charge in [-0.25, -0.2) is 4.39 Å². The highest BCUT2D eigenvalue weighted by molar-refractivity contribution is 6.31. The maximum absolute atomic E-state index is 13.7. The fourth-order valence-electron chi connectivity index (χ4n) is 2.01. The van der Waals surface area contributed by atoms with Crippen LogP contribution >= 0.6 is 11.6 Å². The van der Waals surface area contributed by atoms with Gasteiger partial charge in [0.05, 0.1) is 12.8 Å². The molecule has 0 fully saturated rings. The Balaban J connectivity index is 2.15. The van der Waals surface area contributed by atoms with Crippen molar-refractivity contribution < 1.29 is 18.7 Å². The minimum Gasteiger partial charge on any atom is -0.495 e. The average molecular weight is 338 g/mol. The highest BCUT2D eigenvalue weighted by atomic mass is 35.5. The Kier molecular flexibility index (Phi) is 5.82. The van der Waals surface area contributed by atoms with Gasteiger partial charge in [0, 0.05) is 5.02 Å². The zero-order chi connectivity index (χ0) is 16.8. The number of ether oxygens (including phenoxy) is 2. The van der Waals surface area contributed by atoms with Gasteiger partial charge in [-0.1, -0.05) is 30.7 Å². The van der Waals surface area contributed by atoms with Gasteiger partial charge in [-0.2, -0.15) is 0 Å². The molecule has 0 aliphatic carbocycles. The van der Waals surface area contributed by atoms with E-state index in [4.69, 9.17) is 21.1 Å². The largest absolute Gasteiger partial charge is 0.495 e. The van der Waals surface area contributed by atoms with E-state index in [1.807, 2.05) is 0 Å². The molecule has 6 heteroatoms. The molecule has 1 atom stereocenters. The smallest absolute Gasteiger partial charge is 0.265 e. The summed E-state index contributed by atoms with van der Waals surface area (Å²) in [6.45, 7) is 1.78. The van der Waals surface area contributed by atoms with Crippen LogP contribution in [0.15, 0.2) is 42.5 Å². The third-order valence-corrected chi connectivity index (χ3v) is 3.42. The van der Waals surface area contributed by atoms with E-state index in [0.29, 0.717) is 22.9 Å². The summed E-state index contributed by atoms with van der Waals surface area (Å²) in [6, 6.07) is 10.8. The quantitative estimate of drug-likeness (QED) is 0.855. The summed E-state index contributed by atoms with van der Waals surface area (Å²) in [7, 11) is 1.49. The van der Waals surface area contributed by atoms with E-state index in [1.54, 1.807) is 37.3 Å². The predicted molar refractivity (Wildman–Crippen MR) is 87.7 cm³/mol. The lowest BCUT2D eigenvalue weighted by Gasteiger charge is -2.18. The van der Waals surface area contributed by atoms with E-state index in [2.05, 4.69) is 5.32 Å². The molecule has 0 aromatic heterocycles. The Bertz CT molecular complexity index is 693. The van der Waals surface area contributed by atoms with Gasteiger partial charge in [-0.3, -0.25) is 4.79 Å².